The first kappa shape index (κ1) is 23.3. The van der Waals surface area contributed by atoms with Crippen molar-refractivity contribution < 1.29 is 23.9 Å². The lowest BCUT2D eigenvalue weighted by Gasteiger charge is -2.34. The third-order valence-electron chi connectivity index (χ3n) is 4.38. The van der Waals surface area contributed by atoms with Crippen LogP contribution in [0.25, 0.3) is 0 Å². The van der Waals surface area contributed by atoms with Gasteiger partial charge in [0.2, 0.25) is 0 Å². The Kier molecular flexibility index (Phi) is 7.06. The van der Waals surface area contributed by atoms with Crippen LogP contribution in [0, 0.1) is 5.92 Å². The molecule has 2 heterocycles. The van der Waals surface area contributed by atoms with Gasteiger partial charge in [0.05, 0.1) is 18.7 Å². The number of hydrogen-bond donors (Lipinski definition) is 0. The van der Waals surface area contributed by atoms with E-state index in [1.54, 1.807) is 39.0 Å². The minimum Gasteiger partial charge on any atom is -0.465 e. The van der Waals surface area contributed by atoms with Crippen molar-refractivity contribution in [2.24, 2.45) is 11.1 Å². The van der Waals surface area contributed by atoms with E-state index in [0.717, 1.165) is 0 Å². The fourth-order valence-corrected chi connectivity index (χ4v) is 3.89. The van der Waals surface area contributed by atoms with Crippen molar-refractivity contribution in [3.05, 3.63) is 33.8 Å². The fraction of sp³-hybridized carbons (Fsp3) is 0.550. The van der Waals surface area contributed by atoms with Gasteiger partial charge in [0, 0.05) is 22.2 Å². The van der Waals surface area contributed by atoms with E-state index in [9.17, 15) is 9.59 Å². The highest BCUT2D eigenvalue weighted by Crippen LogP contribution is 2.45. The van der Waals surface area contributed by atoms with Gasteiger partial charge in [0.25, 0.3) is 0 Å². The van der Waals surface area contributed by atoms with Gasteiger partial charge in [-0.05, 0) is 45.4 Å². The number of likely N-dealkylation sites (tertiary alicyclic amines) is 1. The first-order chi connectivity index (χ1) is 13.6. The zero-order chi connectivity index (χ0) is 22.0. The van der Waals surface area contributed by atoms with Crippen LogP contribution in [0.3, 0.4) is 0 Å². The zero-order valence-electron chi connectivity index (χ0n) is 17.4. The lowest BCUT2D eigenvalue weighted by molar-refractivity contribution is -0.190. The molecule has 7 nitrogen and oxygen atoms in total. The number of ether oxygens (including phenoxy) is 2. The summed E-state index contributed by atoms with van der Waals surface area (Å²) in [5.74, 6) is -1.25. The maximum Gasteiger partial charge on any atom is 0.413 e. The molecular formula is C20H26Cl2N2O5. The number of oxime groups is 1. The van der Waals surface area contributed by atoms with Crippen molar-refractivity contribution in [1.29, 1.82) is 0 Å². The molecule has 1 saturated heterocycles. The van der Waals surface area contributed by atoms with Gasteiger partial charge in [-0.2, -0.15) is 0 Å². The summed E-state index contributed by atoms with van der Waals surface area (Å²) in [5, 5.41) is 4.95. The summed E-state index contributed by atoms with van der Waals surface area (Å²) in [5.41, 5.74) is -1.33. The number of esters is 1. The van der Waals surface area contributed by atoms with Crippen molar-refractivity contribution in [1.82, 2.24) is 4.90 Å². The molecule has 2 aliphatic heterocycles. The van der Waals surface area contributed by atoms with Gasteiger partial charge in [-0.25, -0.2) is 9.59 Å². The lowest BCUT2D eigenvalue weighted by atomic mass is 9.88. The summed E-state index contributed by atoms with van der Waals surface area (Å²) in [7, 11) is 1.23. The van der Waals surface area contributed by atoms with Crippen LogP contribution >= 0.6 is 23.2 Å². The summed E-state index contributed by atoms with van der Waals surface area (Å²) in [6, 6.07) is 4.95. The van der Waals surface area contributed by atoms with Crippen molar-refractivity contribution in [2.45, 2.75) is 52.4 Å². The molecule has 3 rings (SSSR count). The maximum atomic E-state index is 12.7. The number of carbonyl (C=O) groups is 2. The molecular weight excluding hydrogens is 419 g/mol. The maximum absolute atomic E-state index is 12.7. The van der Waals surface area contributed by atoms with E-state index >= 15 is 0 Å². The minimum absolute atomic E-state index is 0.252. The minimum atomic E-state index is -1.71. The van der Waals surface area contributed by atoms with Crippen LogP contribution in [0.4, 0.5) is 4.79 Å². The van der Waals surface area contributed by atoms with E-state index in [4.69, 9.17) is 37.5 Å². The number of benzene rings is 1. The highest BCUT2D eigenvalue weighted by molar-refractivity contribution is 6.35. The van der Waals surface area contributed by atoms with Gasteiger partial charge in [-0.1, -0.05) is 42.2 Å². The van der Waals surface area contributed by atoms with Crippen molar-refractivity contribution in [3.63, 3.8) is 0 Å². The summed E-state index contributed by atoms with van der Waals surface area (Å²) in [4.78, 5) is 32.2. The quantitative estimate of drug-likeness (QED) is 0.607. The van der Waals surface area contributed by atoms with Crippen LogP contribution in [0.5, 0.6) is 0 Å². The summed E-state index contributed by atoms with van der Waals surface area (Å²) in [6.07, 6.45) is -0.229. The van der Waals surface area contributed by atoms with Crippen LogP contribution < -0.4 is 0 Å². The van der Waals surface area contributed by atoms with Crippen LogP contribution in [0.2, 0.25) is 10.0 Å². The molecule has 0 aromatic heterocycles. The summed E-state index contributed by atoms with van der Waals surface area (Å²) < 4.78 is 10.4. The van der Waals surface area contributed by atoms with E-state index in [-0.39, 0.29) is 6.54 Å². The first-order valence-electron chi connectivity index (χ1n) is 9.40. The number of rotatable bonds is 2. The molecule has 2 unspecified atom stereocenters. The van der Waals surface area contributed by atoms with Crippen LogP contribution in [0.15, 0.2) is 23.4 Å². The topological polar surface area (TPSA) is 77.4 Å². The van der Waals surface area contributed by atoms with Crippen LogP contribution in [0.1, 0.15) is 46.6 Å². The Balaban J connectivity index is 0.00000145. The molecule has 1 aromatic rings. The van der Waals surface area contributed by atoms with Crippen molar-refractivity contribution >= 4 is 41.0 Å². The Morgan fingerprint density at radius 1 is 1.21 bits per heavy atom. The molecule has 1 amide bonds. The Bertz CT molecular complexity index is 801. The van der Waals surface area contributed by atoms with Gasteiger partial charge < -0.3 is 14.3 Å². The average Bonchev–Trinajstić information content (AvgIpc) is 3.18. The van der Waals surface area contributed by atoms with Gasteiger partial charge in [0.15, 0.2) is 0 Å². The van der Waals surface area contributed by atoms with Gasteiger partial charge in [-0.3, -0.25) is 4.90 Å². The first-order valence-corrected chi connectivity index (χ1v) is 10.2. The second-order valence-corrected chi connectivity index (χ2v) is 8.26. The molecule has 0 saturated carbocycles. The molecule has 1 fully saturated rings. The van der Waals surface area contributed by atoms with Gasteiger partial charge >= 0.3 is 17.8 Å². The molecule has 2 atom stereocenters. The Morgan fingerprint density at radius 2 is 1.79 bits per heavy atom. The molecule has 0 spiro atoms. The van der Waals surface area contributed by atoms with E-state index in [0.29, 0.717) is 27.7 Å². The second-order valence-electron chi connectivity index (χ2n) is 7.39. The zero-order valence-corrected chi connectivity index (χ0v) is 18.9. The van der Waals surface area contributed by atoms with Gasteiger partial charge in [-0.15, -0.1) is 0 Å². The van der Waals surface area contributed by atoms with E-state index in [2.05, 4.69) is 5.16 Å². The van der Waals surface area contributed by atoms with E-state index in [1.165, 1.54) is 12.0 Å². The molecule has 29 heavy (non-hydrogen) atoms. The number of hydrogen-bond acceptors (Lipinski definition) is 6. The van der Waals surface area contributed by atoms with Crippen molar-refractivity contribution in [3.8, 4) is 0 Å². The predicted molar refractivity (Wildman–Crippen MR) is 111 cm³/mol. The smallest absolute Gasteiger partial charge is 0.413 e. The molecule has 1 aromatic carbocycles. The largest absolute Gasteiger partial charge is 0.465 e. The van der Waals surface area contributed by atoms with Crippen molar-refractivity contribution in [2.75, 3.05) is 13.7 Å². The number of methoxy groups -OCH3 is 1. The molecule has 0 aliphatic carbocycles. The highest BCUT2D eigenvalue weighted by atomic mass is 35.5. The third-order valence-corrected chi connectivity index (χ3v) is 4.81. The third kappa shape index (κ3) is 4.46. The Labute approximate surface area is 180 Å². The number of carbonyl (C=O) groups excluding carboxylic acids is 2. The average molecular weight is 445 g/mol. The highest BCUT2D eigenvalue weighted by Gasteiger charge is 2.66. The number of fused-ring (bicyclic) bond motifs is 1. The monoisotopic (exact) mass is 444 g/mol. The molecule has 9 heteroatoms. The normalized spacial score (nSPS) is 22.7. The van der Waals surface area contributed by atoms with E-state index in [1.807, 2.05) is 13.8 Å². The molecule has 0 bridgehead atoms. The summed E-state index contributed by atoms with van der Waals surface area (Å²) >= 11 is 12.2. The number of amides is 1. The summed E-state index contributed by atoms with van der Waals surface area (Å²) in [6.45, 7) is 9.49. The van der Waals surface area contributed by atoms with E-state index < -0.39 is 29.3 Å². The number of nitrogens with zero attached hydrogens (tertiary/aromatic N) is 2. The lowest BCUT2D eigenvalue weighted by Crippen LogP contribution is -2.58. The second kappa shape index (κ2) is 8.79. The Morgan fingerprint density at radius 3 is 2.31 bits per heavy atom. The predicted octanol–water partition coefficient (Wildman–Crippen LogP) is 4.88. The van der Waals surface area contributed by atoms with Crippen LogP contribution in [-0.2, 0) is 19.1 Å². The molecule has 160 valence electrons. The molecule has 0 radical (unpaired) electrons. The van der Waals surface area contributed by atoms with Crippen LogP contribution in [-0.4, -0.2) is 47.7 Å². The number of halogens is 2. The van der Waals surface area contributed by atoms with Gasteiger partial charge in [0.1, 0.15) is 5.60 Å². The molecule has 2 aliphatic rings. The standard InChI is InChI=1S/C18H20Cl2N2O5.C2H6/c1-17(2,3)26-16(24)22-6-5-13-14(10-7-11(19)9-12(20)8-10)21-27-18(13,22)15(23)25-4;1-2/h7-9,13H,5-6H2,1-4H3;1-2H3. The molecule has 0 N–H and O–H groups in total. The SMILES string of the molecule is CC.COC(=O)C12ON=C(c3cc(Cl)cc(Cl)c3)C1CCN2C(=O)OC(C)(C)C. The Hall–Kier alpha value is -1.99. The fourth-order valence-electron chi connectivity index (χ4n) is 3.36.